The minimum Gasteiger partial charge on any atom is -0.464 e. The van der Waals surface area contributed by atoms with Gasteiger partial charge in [-0.3, -0.25) is 14.5 Å². The maximum atomic E-state index is 12.9. The molecule has 3 rings (SSSR count). The molecule has 0 N–H and O–H groups in total. The molecule has 1 aromatic rings. The summed E-state index contributed by atoms with van der Waals surface area (Å²) in [6, 6.07) is 5.42. The Morgan fingerprint density at radius 1 is 1.14 bits per heavy atom. The molecule has 2 fully saturated rings. The number of cyclic esters (lactones) is 1. The van der Waals surface area contributed by atoms with Crippen molar-refractivity contribution in [1.82, 2.24) is 9.80 Å². The number of nitrogens with zero attached hydrogens (tertiary/aromatic N) is 2. The van der Waals surface area contributed by atoms with Gasteiger partial charge in [-0.25, -0.2) is 4.39 Å². The van der Waals surface area contributed by atoms with Crippen molar-refractivity contribution in [2.75, 3.05) is 32.8 Å². The Kier molecular flexibility index (Phi) is 3.88. The molecule has 6 heteroatoms. The number of esters is 1. The summed E-state index contributed by atoms with van der Waals surface area (Å²) in [5.74, 6) is -0.604. The van der Waals surface area contributed by atoms with Crippen molar-refractivity contribution in [1.29, 1.82) is 0 Å². The van der Waals surface area contributed by atoms with Crippen LogP contribution < -0.4 is 0 Å². The smallest absolute Gasteiger partial charge is 0.323 e. The highest BCUT2D eigenvalue weighted by atomic mass is 19.1. The Hall–Kier alpha value is -1.95. The van der Waals surface area contributed by atoms with Crippen LogP contribution in [0.5, 0.6) is 0 Å². The summed E-state index contributed by atoms with van der Waals surface area (Å²) in [6.07, 6.45) is 0.727. The van der Waals surface area contributed by atoms with Crippen LogP contribution in [0, 0.1) is 5.82 Å². The Bertz CT molecular complexity index is 538. The summed E-state index contributed by atoms with van der Waals surface area (Å²) < 4.78 is 17.9. The molecule has 0 bridgehead atoms. The lowest BCUT2D eigenvalue weighted by molar-refractivity contribution is -0.142. The molecule has 1 amide bonds. The molecule has 2 aliphatic heterocycles. The summed E-state index contributed by atoms with van der Waals surface area (Å²) in [5, 5.41) is 0. The quantitative estimate of drug-likeness (QED) is 0.760. The lowest BCUT2D eigenvalue weighted by Gasteiger charge is -2.36. The van der Waals surface area contributed by atoms with Gasteiger partial charge < -0.3 is 9.64 Å². The number of hydrogen-bond acceptors (Lipinski definition) is 4. The number of carbonyl (C=O) groups excluding carboxylic acids is 2. The zero-order valence-corrected chi connectivity index (χ0v) is 11.6. The molecule has 1 unspecified atom stereocenters. The van der Waals surface area contributed by atoms with Crippen molar-refractivity contribution in [2.45, 2.75) is 12.5 Å². The van der Waals surface area contributed by atoms with Gasteiger partial charge in [0.2, 0.25) is 0 Å². The van der Waals surface area contributed by atoms with Crippen molar-refractivity contribution in [3.8, 4) is 0 Å². The highest BCUT2D eigenvalue weighted by molar-refractivity contribution is 5.94. The normalized spacial score (nSPS) is 23.2. The summed E-state index contributed by atoms with van der Waals surface area (Å²) in [7, 11) is 0. The van der Waals surface area contributed by atoms with Gasteiger partial charge in [0, 0.05) is 38.2 Å². The zero-order chi connectivity index (χ0) is 14.8. The van der Waals surface area contributed by atoms with Crippen LogP contribution in [-0.4, -0.2) is 60.5 Å². The molecular formula is C15H17FN2O3. The molecule has 0 aromatic heterocycles. The molecule has 0 radical (unpaired) electrons. The number of halogens is 1. The second-order valence-electron chi connectivity index (χ2n) is 5.31. The molecule has 2 heterocycles. The van der Waals surface area contributed by atoms with Gasteiger partial charge in [-0.05, 0) is 24.3 Å². The van der Waals surface area contributed by atoms with E-state index in [1.165, 1.54) is 24.3 Å². The third-order valence-electron chi connectivity index (χ3n) is 4.04. The van der Waals surface area contributed by atoms with Gasteiger partial charge in [0.1, 0.15) is 11.9 Å². The number of hydrogen-bond donors (Lipinski definition) is 0. The van der Waals surface area contributed by atoms with Gasteiger partial charge in [0.25, 0.3) is 5.91 Å². The molecule has 5 nitrogen and oxygen atoms in total. The lowest BCUT2D eigenvalue weighted by atomic mass is 10.1. The highest BCUT2D eigenvalue weighted by Crippen LogP contribution is 2.17. The standard InChI is InChI=1S/C15H17FN2O3/c16-12-3-1-11(2-4-12)14(19)18-8-6-17(7-9-18)13-5-10-21-15(13)20/h1-4,13H,5-10H2. The van der Waals surface area contributed by atoms with E-state index >= 15 is 0 Å². The number of amides is 1. The van der Waals surface area contributed by atoms with Crippen LogP contribution in [0.25, 0.3) is 0 Å². The van der Waals surface area contributed by atoms with Crippen molar-refractivity contribution in [3.63, 3.8) is 0 Å². The third kappa shape index (κ3) is 2.90. The first-order valence-corrected chi connectivity index (χ1v) is 7.11. The van der Waals surface area contributed by atoms with Gasteiger partial charge in [-0.2, -0.15) is 0 Å². The first-order valence-electron chi connectivity index (χ1n) is 7.11. The Labute approximate surface area is 122 Å². The van der Waals surface area contributed by atoms with E-state index in [4.69, 9.17) is 4.74 Å². The first kappa shape index (κ1) is 14.0. The fourth-order valence-electron chi connectivity index (χ4n) is 2.83. The van der Waals surface area contributed by atoms with E-state index in [1.54, 1.807) is 4.90 Å². The zero-order valence-electron chi connectivity index (χ0n) is 11.6. The monoisotopic (exact) mass is 292 g/mol. The molecule has 1 aromatic carbocycles. The average molecular weight is 292 g/mol. The Balaban J connectivity index is 1.59. The number of ether oxygens (including phenoxy) is 1. The van der Waals surface area contributed by atoms with Crippen molar-refractivity contribution >= 4 is 11.9 Å². The van der Waals surface area contributed by atoms with E-state index in [1.807, 2.05) is 0 Å². The van der Waals surface area contributed by atoms with Crippen LogP contribution in [0.4, 0.5) is 4.39 Å². The lowest BCUT2D eigenvalue weighted by Crippen LogP contribution is -2.53. The van der Waals surface area contributed by atoms with E-state index in [9.17, 15) is 14.0 Å². The van der Waals surface area contributed by atoms with Crippen LogP contribution in [0.1, 0.15) is 16.8 Å². The molecule has 2 aliphatic rings. The number of benzene rings is 1. The molecule has 0 spiro atoms. The second kappa shape index (κ2) is 5.81. The first-order chi connectivity index (χ1) is 10.1. The summed E-state index contributed by atoms with van der Waals surface area (Å²) >= 11 is 0. The molecule has 2 saturated heterocycles. The van der Waals surface area contributed by atoms with Crippen molar-refractivity contribution in [2.24, 2.45) is 0 Å². The van der Waals surface area contributed by atoms with Crippen LogP contribution in [0.15, 0.2) is 24.3 Å². The van der Waals surface area contributed by atoms with Crippen LogP contribution in [-0.2, 0) is 9.53 Å². The highest BCUT2D eigenvalue weighted by Gasteiger charge is 2.34. The fourth-order valence-corrected chi connectivity index (χ4v) is 2.83. The van der Waals surface area contributed by atoms with Crippen LogP contribution in [0.3, 0.4) is 0 Å². The van der Waals surface area contributed by atoms with E-state index < -0.39 is 0 Å². The summed E-state index contributed by atoms with van der Waals surface area (Å²) in [4.78, 5) is 27.7. The fraction of sp³-hybridized carbons (Fsp3) is 0.467. The number of rotatable bonds is 2. The van der Waals surface area contributed by atoms with Crippen LogP contribution >= 0.6 is 0 Å². The molecule has 112 valence electrons. The van der Waals surface area contributed by atoms with Crippen LogP contribution in [0.2, 0.25) is 0 Å². The van der Waals surface area contributed by atoms with E-state index in [0.717, 1.165) is 6.42 Å². The largest absolute Gasteiger partial charge is 0.464 e. The molecule has 21 heavy (non-hydrogen) atoms. The molecular weight excluding hydrogens is 275 g/mol. The van der Waals surface area contributed by atoms with E-state index in [2.05, 4.69) is 4.90 Å². The Morgan fingerprint density at radius 2 is 1.81 bits per heavy atom. The second-order valence-corrected chi connectivity index (χ2v) is 5.31. The van der Waals surface area contributed by atoms with Gasteiger partial charge in [-0.1, -0.05) is 0 Å². The molecule has 0 aliphatic carbocycles. The van der Waals surface area contributed by atoms with Gasteiger partial charge in [-0.15, -0.1) is 0 Å². The third-order valence-corrected chi connectivity index (χ3v) is 4.04. The van der Waals surface area contributed by atoms with Gasteiger partial charge >= 0.3 is 5.97 Å². The minimum atomic E-state index is -0.351. The van der Waals surface area contributed by atoms with Gasteiger partial charge in [0.05, 0.1) is 6.61 Å². The maximum Gasteiger partial charge on any atom is 0.323 e. The summed E-state index contributed by atoms with van der Waals surface area (Å²) in [5.41, 5.74) is 0.491. The van der Waals surface area contributed by atoms with Gasteiger partial charge in [0.15, 0.2) is 0 Å². The van der Waals surface area contributed by atoms with E-state index in [-0.39, 0.29) is 23.7 Å². The predicted molar refractivity (Wildman–Crippen MR) is 73.2 cm³/mol. The number of carbonyl (C=O) groups is 2. The number of piperazine rings is 1. The molecule has 1 atom stereocenters. The summed E-state index contributed by atoms with van der Waals surface area (Å²) in [6.45, 7) is 2.94. The van der Waals surface area contributed by atoms with E-state index in [0.29, 0.717) is 38.3 Å². The van der Waals surface area contributed by atoms with Crippen molar-refractivity contribution in [3.05, 3.63) is 35.6 Å². The predicted octanol–water partition coefficient (Wildman–Crippen LogP) is 0.899. The van der Waals surface area contributed by atoms with Crippen molar-refractivity contribution < 1.29 is 18.7 Å². The maximum absolute atomic E-state index is 12.9. The topological polar surface area (TPSA) is 49.9 Å². The minimum absolute atomic E-state index is 0.0938. The Morgan fingerprint density at radius 3 is 2.38 bits per heavy atom. The average Bonchev–Trinajstić information content (AvgIpc) is 2.94. The molecule has 0 saturated carbocycles. The SMILES string of the molecule is O=C1OCCC1N1CCN(C(=O)c2ccc(F)cc2)CC1.